The van der Waals surface area contributed by atoms with Gasteiger partial charge in [-0.2, -0.15) is 4.31 Å². The molecule has 1 saturated heterocycles. The minimum Gasteiger partial charge on any atom is -0.496 e. The molecule has 2 aromatic carbocycles. The van der Waals surface area contributed by atoms with E-state index in [0.29, 0.717) is 36.4 Å². The molecule has 1 atom stereocenters. The first-order valence-electron chi connectivity index (χ1n) is 9.42. The molecule has 1 amide bonds. The zero-order valence-corrected chi connectivity index (χ0v) is 17.5. The molecular weight excluding hydrogens is 410 g/mol. The molecule has 0 aliphatic carbocycles. The van der Waals surface area contributed by atoms with E-state index in [1.54, 1.807) is 25.1 Å². The zero-order valence-electron chi connectivity index (χ0n) is 16.7. The van der Waals surface area contributed by atoms with Gasteiger partial charge in [-0.3, -0.25) is 14.9 Å². The molecule has 0 bridgehead atoms. The second-order valence-corrected chi connectivity index (χ2v) is 9.07. The van der Waals surface area contributed by atoms with E-state index in [0.717, 1.165) is 0 Å². The van der Waals surface area contributed by atoms with Crippen LogP contribution in [0.15, 0.2) is 47.4 Å². The number of rotatable bonds is 6. The predicted molar refractivity (Wildman–Crippen MR) is 111 cm³/mol. The molecule has 1 aliphatic heterocycles. The Kier molecular flexibility index (Phi) is 6.37. The lowest BCUT2D eigenvalue weighted by Crippen LogP contribution is -2.43. The Bertz CT molecular complexity index is 1070. The minimum absolute atomic E-state index is 0.0498. The van der Waals surface area contributed by atoms with E-state index in [4.69, 9.17) is 4.74 Å². The van der Waals surface area contributed by atoms with Crippen LogP contribution in [0.1, 0.15) is 18.4 Å². The van der Waals surface area contributed by atoms with Crippen molar-refractivity contribution >= 4 is 27.3 Å². The highest BCUT2D eigenvalue weighted by Gasteiger charge is 2.33. The number of ether oxygens (including phenoxy) is 1. The minimum atomic E-state index is -3.76. The van der Waals surface area contributed by atoms with Gasteiger partial charge >= 0.3 is 0 Å². The number of carbonyl (C=O) groups is 1. The molecule has 0 radical (unpaired) electrons. The third-order valence-corrected chi connectivity index (χ3v) is 6.94. The summed E-state index contributed by atoms with van der Waals surface area (Å²) in [5, 5.41) is 13.6. The van der Waals surface area contributed by atoms with Crippen molar-refractivity contribution in [3.05, 3.63) is 58.1 Å². The summed E-state index contributed by atoms with van der Waals surface area (Å²) < 4.78 is 32.6. The molecule has 0 aromatic heterocycles. The number of benzene rings is 2. The molecule has 1 N–H and O–H groups in total. The Morgan fingerprint density at radius 1 is 1.27 bits per heavy atom. The second kappa shape index (κ2) is 8.80. The second-order valence-electron chi connectivity index (χ2n) is 7.13. The highest BCUT2D eigenvalue weighted by atomic mass is 32.2. The van der Waals surface area contributed by atoms with Crippen molar-refractivity contribution in [3.63, 3.8) is 0 Å². The number of hydrogen-bond acceptors (Lipinski definition) is 6. The summed E-state index contributed by atoms with van der Waals surface area (Å²) in [4.78, 5) is 23.2. The third-order valence-electron chi connectivity index (χ3n) is 5.08. The van der Waals surface area contributed by atoms with Crippen LogP contribution in [0, 0.1) is 23.0 Å². The maximum Gasteiger partial charge on any atom is 0.271 e. The average Bonchev–Trinajstić information content (AvgIpc) is 2.74. The Labute approximate surface area is 174 Å². The number of piperidine rings is 1. The number of amides is 1. The molecule has 1 unspecified atom stereocenters. The number of aryl methyl sites for hydroxylation is 1. The summed E-state index contributed by atoms with van der Waals surface area (Å²) >= 11 is 0. The summed E-state index contributed by atoms with van der Waals surface area (Å²) in [6.07, 6.45) is 1.08. The van der Waals surface area contributed by atoms with Gasteiger partial charge in [0.25, 0.3) is 5.69 Å². The lowest BCUT2D eigenvalue weighted by atomic mass is 9.98. The summed E-state index contributed by atoms with van der Waals surface area (Å²) in [6.45, 7) is 2.14. The van der Waals surface area contributed by atoms with Crippen molar-refractivity contribution in [1.82, 2.24) is 4.31 Å². The summed E-state index contributed by atoms with van der Waals surface area (Å²) in [6, 6.07) is 10.3. The number of nitro groups is 1. The van der Waals surface area contributed by atoms with Crippen molar-refractivity contribution in [2.75, 3.05) is 25.5 Å². The van der Waals surface area contributed by atoms with Crippen LogP contribution in [0.2, 0.25) is 0 Å². The standard InChI is InChI=1S/C20H23N3O6S/c1-14-11-18(8-9-19(14)29-2)30(27,28)22-10-4-5-15(13-22)20(24)21-16-6-3-7-17(12-16)23(25)26/h3,6-9,11-12,15H,4-5,10,13H2,1-2H3,(H,21,24). The molecule has 3 rings (SSSR count). The molecule has 1 aliphatic rings. The molecule has 2 aromatic rings. The third kappa shape index (κ3) is 4.60. The maximum absolute atomic E-state index is 13.1. The van der Waals surface area contributed by atoms with Gasteiger partial charge in [0.1, 0.15) is 5.75 Å². The number of carbonyl (C=O) groups excluding carboxylic acids is 1. The van der Waals surface area contributed by atoms with Gasteiger partial charge in [-0.1, -0.05) is 6.07 Å². The fraction of sp³-hybridized carbons (Fsp3) is 0.350. The van der Waals surface area contributed by atoms with E-state index < -0.39 is 20.9 Å². The van der Waals surface area contributed by atoms with Gasteiger partial charge in [0.05, 0.1) is 22.8 Å². The largest absolute Gasteiger partial charge is 0.496 e. The first-order valence-corrected chi connectivity index (χ1v) is 10.9. The number of nitrogens with zero attached hydrogens (tertiary/aromatic N) is 2. The molecule has 9 nitrogen and oxygen atoms in total. The van der Waals surface area contributed by atoms with E-state index >= 15 is 0 Å². The van der Waals surface area contributed by atoms with Crippen molar-refractivity contribution in [1.29, 1.82) is 0 Å². The molecular formula is C20H23N3O6S. The van der Waals surface area contributed by atoms with Crippen LogP contribution in [-0.4, -0.2) is 43.8 Å². The number of sulfonamides is 1. The lowest BCUT2D eigenvalue weighted by Gasteiger charge is -2.31. The quantitative estimate of drug-likeness (QED) is 0.553. The van der Waals surface area contributed by atoms with Crippen molar-refractivity contribution < 1.29 is 22.9 Å². The van der Waals surface area contributed by atoms with E-state index in [1.165, 1.54) is 35.7 Å². The number of methoxy groups -OCH3 is 1. The van der Waals surface area contributed by atoms with Gasteiger partial charge in [-0.15, -0.1) is 0 Å². The number of anilines is 1. The van der Waals surface area contributed by atoms with E-state index in [2.05, 4.69) is 5.32 Å². The van der Waals surface area contributed by atoms with E-state index in [-0.39, 0.29) is 23.0 Å². The summed E-state index contributed by atoms with van der Waals surface area (Å²) in [5.41, 5.74) is 0.881. The molecule has 30 heavy (non-hydrogen) atoms. The van der Waals surface area contributed by atoms with Gasteiger partial charge in [0.2, 0.25) is 15.9 Å². The van der Waals surface area contributed by atoms with Crippen LogP contribution in [0.4, 0.5) is 11.4 Å². The van der Waals surface area contributed by atoms with Gasteiger partial charge in [-0.25, -0.2) is 8.42 Å². The highest BCUT2D eigenvalue weighted by molar-refractivity contribution is 7.89. The first-order chi connectivity index (χ1) is 14.2. The Balaban J connectivity index is 1.74. The molecule has 1 fully saturated rings. The molecule has 0 saturated carbocycles. The topological polar surface area (TPSA) is 119 Å². The monoisotopic (exact) mass is 433 g/mol. The number of nitrogens with one attached hydrogen (secondary N) is 1. The first kappa shape index (κ1) is 21.7. The van der Waals surface area contributed by atoms with Crippen LogP contribution in [0.25, 0.3) is 0 Å². The van der Waals surface area contributed by atoms with Gasteiger partial charge in [-0.05, 0) is 49.6 Å². The SMILES string of the molecule is COc1ccc(S(=O)(=O)N2CCCC(C(=O)Nc3cccc([N+](=O)[O-])c3)C2)cc1C. The molecule has 1 heterocycles. The van der Waals surface area contributed by atoms with Crippen LogP contribution >= 0.6 is 0 Å². The van der Waals surface area contributed by atoms with Crippen molar-refractivity contribution in [2.24, 2.45) is 5.92 Å². The summed E-state index contributed by atoms with van der Waals surface area (Å²) in [5.74, 6) is -0.310. The van der Waals surface area contributed by atoms with Crippen molar-refractivity contribution in [2.45, 2.75) is 24.7 Å². The maximum atomic E-state index is 13.1. The van der Waals surface area contributed by atoms with Crippen LogP contribution in [0.3, 0.4) is 0 Å². The number of hydrogen-bond donors (Lipinski definition) is 1. The van der Waals surface area contributed by atoms with Crippen LogP contribution < -0.4 is 10.1 Å². The van der Waals surface area contributed by atoms with E-state index in [1.807, 2.05) is 0 Å². The Morgan fingerprint density at radius 3 is 2.70 bits per heavy atom. The zero-order chi connectivity index (χ0) is 21.9. The van der Waals surface area contributed by atoms with Gasteiger partial charge in [0, 0.05) is 30.9 Å². The van der Waals surface area contributed by atoms with Crippen LogP contribution in [-0.2, 0) is 14.8 Å². The molecule has 160 valence electrons. The molecule has 10 heteroatoms. The number of non-ortho nitro benzene ring substituents is 1. The van der Waals surface area contributed by atoms with Crippen molar-refractivity contribution in [3.8, 4) is 5.75 Å². The lowest BCUT2D eigenvalue weighted by molar-refractivity contribution is -0.384. The fourth-order valence-electron chi connectivity index (χ4n) is 3.48. The van der Waals surface area contributed by atoms with Crippen LogP contribution in [0.5, 0.6) is 5.75 Å². The Hall–Kier alpha value is -2.98. The highest BCUT2D eigenvalue weighted by Crippen LogP contribution is 2.28. The fourth-order valence-corrected chi connectivity index (χ4v) is 5.09. The molecule has 0 spiro atoms. The predicted octanol–water partition coefficient (Wildman–Crippen LogP) is 2.95. The number of nitro benzene ring substituents is 1. The van der Waals surface area contributed by atoms with E-state index in [9.17, 15) is 23.3 Å². The normalized spacial score (nSPS) is 17.3. The average molecular weight is 433 g/mol. The van der Waals surface area contributed by atoms with Gasteiger partial charge < -0.3 is 10.1 Å². The summed E-state index contributed by atoms with van der Waals surface area (Å²) in [7, 11) is -2.24. The Morgan fingerprint density at radius 2 is 2.03 bits per heavy atom. The van der Waals surface area contributed by atoms with Gasteiger partial charge in [0.15, 0.2) is 0 Å². The smallest absolute Gasteiger partial charge is 0.271 e.